The van der Waals surface area contributed by atoms with E-state index in [1.54, 1.807) is 6.92 Å². The molecule has 0 spiro atoms. The van der Waals surface area contributed by atoms with Crippen LogP contribution in [0.2, 0.25) is 0 Å². The Morgan fingerprint density at radius 3 is 2.67 bits per heavy atom. The van der Waals surface area contributed by atoms with Crippen molar-refractivity contribution in [3.05, 3.63) is 23.8 Å². The number of esters is 1. The van der Waals surface area contributed by atoms with Gasteiger partial charge in [-0.2, -0.15) is 0 Å². The SMILES string of the molecule is CCC(C)OC(=O)c1ccc(O)cc1O. The smallest absolute Gasteiger partial charge is 0.342 e. The monoisotopic (exact) mass is 210 g/mol. The minimum Gasteiger partial charge on any atom is -0.508 e. The third kappa shape index (κ3) is 2.87. The normalized spacial score (nSPS) is 12.1. The van der Waals surface area contributed by atoms with Crippen molar-refractivity contribution in [2.75, 3.05) is 0 Å². The Bertz CT molecular complexity index is 360. The first kappa shape index (κ1) is 11.4. The highest BCUT2D eigenvalue weighted by molar-refractivity contribution is 5.92. The van der Waals surface area contributed by atoms with Gasteiger partial charge in [-0.05, 0) is 25.5 Å². The van der Waals surface area contributed by atoms with Crippen molar-refractivity contribution in [2.45, 2.75) is 26.4 Å². The fourth-order valence-electron chi connectivity index (χ4n) is 1.02. The van der Waals surface area contributed by atoms with Crippen LogP contribution >= 0.6 is 0 Å². The van der Waals surface area contributed by atoms with E-state index in [2.05, 4.69) is 0 Å². The summed E-state index contributed by atoms with van der Waals surface area (Å²) in [5.41, 5.74) is 0.0631. The number of carbonyl (C=O) groups is 1. The predicted octanol–water partition coefficient (Wildman–Crippen LogP) is 2.05. The first-order valence-corrected chi connectivity index (χ1v) is 4.77. The van der Waals surface area contributed by atoms with Crippen LogP contribution < -0.4 is 0 Å². The maximum absolute atomic E-state index is 11.5. The molecule has 1 aromatic carbocycles. The molecule has 0 saturated heterocycles. The second kappa shape index (κ2) is 4.68. The highest BCUT2D eigenvalue weighted by atomic mass is 16.5. The molecule has 0 fully saturated rings. The minimum absolute atomic E-state index is 0.0631. The summed E-state index contributed by atoms with van der Waals surface area (Å²) >= 11 is 0. The number of phenols is 2. The molecule has 1 rings (SSSR count). The van der Waals surface area contributed by atoms with Crippen LogP contribution in [-0.4, -0.2) is 22.3 Å². The first-order valence-electron chi connectivity index (χ1n) is 4.77. The third-order valence-corrected chi connectivity index (χ3v) is 2.08. The number of hydrogen-bond acceptors (Lipinski definition) is 4. The molecule has 15 heavy (non-hydrogen) atoms. The molecule has 1 unspecified atom stereocenters. The van der Waals surface area contributed by atoms with Crippen LogP contribution in [-0.2, 0) is 4.74 Å². The van der Waals surface area contributed by atoms with E-state index >= 15 is 0 Å². The summed E-state index contributed by atoms with van der Waals surface area (Å²) in [5, 5.41) is 18.4. The topological polar surface area (TPSA) is 66.8 Å². The Morgan fingerprint density at radius 1 is 1.47 bits per heavy atom. The molecule has 0 aliphatic rings. The molecule has 4 nitrogen and oxygen atoms in total. The van der Waals surface area contributed by atoms with Gasteiger partial charge in [0.2, 0.25) is 0 Å². The fourth-order valence-corrected chi connectivity index (χ4v) is 1.02. The van der Waals surface area contributed by atoms with Crippen LogP contribution in [0.15, 0.2) is 18.2 Å². The number of rotatable bonds is 3. The molecule has 0 heterocycles. The summed E-state index contributed by atoms with van der Waals surface area (Å²) in [5.74, 6) is -0.947. The largest absolute Gasteiger partial charge is 0.508 e. The van der Waals surface area contributed by atoms with E-state index in [-0.39, 0.29) is 23.2 Å². The van der Waals surface area contributed by atoms with Crippen molar-refractivity contribution in [1.29, 1.82) is 0 Å². The van der Waals surface area contributed by atoms with Crippen LogP contribution in [0.4, 0.5) is 0 Å². The lowest BCUT2D eigenvalue weighted by atomic mass is 10.2. The summed E-state index contributed by atoms with van der Waals surface area (Å²) in [6.45, 7) is 3.67. The summed E-state index contributed by atoms with van der Waals surface area (Å²) in [6.07, 6.45) is 0.524. The van der Waals surface area contributed by atoms with Gasteiger partial charge in [0.05, 0.1) is 6.10 Å². The molecule has 82 valence electrons. The Hall–Kier alpha value is -1.71. The molecule has 0 saturated carbocycles. The summed E-state index contributed by atoms with van der Waals surface area (Å²) in [6, 6.07) is 3.76. The highest BCUT2D eigenvalue weighted by Gasteiger charge is 2.15. The summed E-state index contributed by atoms with van der Waals surface area (Å²) in [4.78, 5) is 11.5. The molecule has 0 aliphatic carbocycles. The predicted molar refractivity (Wildman–Crippen MR) is 54.9 cm³/mol. The second-order valence-corrected chi connectivity index (χ2v) is 3.33. The number of benzene rings is 1. The van der Waals surface area contributed by atoms with E-state index < -0.39 is 5.97 Å². The zero-order chi connectivity index (χ0) is 11.4. The van der Waals surface area contributed by atoms with E-state index in [1.165, 1.54) is 12.1 Å². The van der Waals surface area contributed by atoms with Gasteiger partial charge in [-0.3, -0.25) is 0 Å². The summed E-state index contributed by atoms with van der Waals surface area (Å²) < 4.78 is 5.03. The highest BCUT2D eigenvalue weighted by Crippen LogP contribution is 2.23. The van der Waals surface area contributed by atoms with Crippen LogP contribution in [0, 0.1) is 0 Å². The van der Waals surface area contributed by atoms with E-state index in [0.29, 0.717) is 6.42 Å². The van der Waals surface area contributed by atoms with Crippen LogP contribution in [0.3, 0.4) is 0 Å². The molecule has 1 aromatic rings. The zero-order valence-corrected chi connectivity index (χ0v) is 8.73. The average molecular weight is 210 g/mol. The van der Waals surface area contributed by atoms with Crippen molar-refractivity contribution < 1.29 is 19.7 Å². The Morgan fingerprint density at radius 2 is 2.13 bits per heavy atom. The average Bonchev–Trinajstić information content (AvgIpc) is 2.17. The van der Waals surface area contributed by atoms with E-state index in [0.717, 1.165) is 6.07 Å². The third-order valence-electron chi connectivity index (χ3n) is 2.08. The molecule has 0 radical (unpaired) electrons. The van der Waals surface area contributed by atoms with E-state index in [1.807, 2.05) is 6.92 Å². The van der Waals surface area contributed by atoms with Crippen molar-refractivity contribution >= 4 is 5.97 Å². The number of hydrogen-bond donors (Lipinski definition) is 2. The molecule has 2 N–H and O–H groups in total. The molecular formula is C11H14O4. The number of carbonyl (C=O) groups excluding carboxylic acids is 1. The lowest BCUT2D eigenvalue weighted by molar-refractivity contribution is 0.0331. The fraction of sp³-hybridized carbons (Fsp3) is 0.364. The molecule has 0 amide bonds. The molecule has 0 bridgehead atoms. The van der Waals surface area contributed by atoms with Crippen LogP contribution in [0.5, 0.6) is 11.5 Å². The van der Waals surface area contributed by atoms with Gasteiger partial charge in [-0.1, -0.05) is 6.92 Å². The number of phenolic OH excluding ortho intramolecular Hbond substituents is 2. The Labute approximate surface area is 88.1 Å². The van der Waals surface area contributed by atoms with Crippen molar-refractivity contribution in [3.63, 3.8) is 0 Å². The van der Waals surface area contributed by atoms with Crippen molar-refractivity contribution in [2.24, 2.45) is 0 Å². The lowest BCUT2D eigenvalue weighted by Gasteiger charge is -2.11. The Kier molecular flexibility index (Phi) is 3.55. The van der Waals surface area contributed by atoms with Gasteiger partial charge in [-0.15, -0.1) is 0 Å². The van der Waals surface area contributed by atoms with Crippen molar-refractivity contribution in [3.8, 4) is 11.5 Å². The minimum atomic E-state index is -0.582. The molecule has 0 aromatic heterocycles. The number of ether oxygens (including phenoxy) is 1. The molecule has 1 atom stereocenters. The van der Waals surface area contributed by atoms with Gasteiger partial charge in [0.1, 0.15) is 17.1 Å². The van der Waals surface area contributed by atoms with E-state index in [9.17, 15) is 9.90 Å². The zero-order valence-electron chi connectivity index (χ0n) is 8.73. The van der Waals surface area contributed by atoms with Gasteiger partial charge in [0.15, 0.2) is 0 Å². The van der Waals surface area contributed by atoms with Gasteiger partial charge < -0.3 is 14.9 Å². The standard InChI is InChI=1S/C11H14O4/c1-3-7(2)15-11(14)9-5-4-8(12)6-10(9)13/h4-7,12-13H,3H2,1-2H3. The van der Waals surface area contributed by atoms with Gasteiger partial charge >= 0.3 is 5.97 Å². The van der Waals surface area contributed by atoms with Crippen LogP contribution in [0.1, 0.15) is 30.6 Å². The summed E-state index contributed by atoms with van der Waals surface area (Å²) in [7, 11) is 0. The first-order chi connectivity index (χ1) is 7.04. The molecule has 0 aliphatic heterocycles. The second-order valence-electron chi connectivity index (χ2n) is 3.33. The molecule has 4 heteroatoms. The molecular weight excluding hydrogens is 196 g/mol. The van der Waals surface area contributed by atoms with Gasteiger partial charge in [0, 0.05) is 6.07 Å². The maximum Gasteiger partial charge on any atom is 0.342 e. The lowest BCUT2D eigenvalue weighted by Crippen LogP contribution is -2.14. The van der Waals surface area contributed by atoms with Crippen molar-refractivity contribution in [1.82, 2.24) is 0 Å². The van der Waals surface area contributed by atoms with Gasteiger partial charge in [-0.25, -0.2) is 4.79 Å². The number of aromatic hydroxyl groups is 2. The maximum atomic E-state index is 11.5. The van der Waals surface area contributed by atoms with E-state index in [4.69, 9.17) is 9.84 Å². The Balaban J connectivity index is 2.82. The van der Waals surface area contributed by atoms with Crippen LogP contribution in [0.25, 0.3) is 0 Å². The quantitative estimate of drug-likeness (QED) is 0.749. The van der Waals surface area contributed by atoms with Gasteiger partial charge in [0.25, 0.3) is 0 Å².